The zero-order valence-corrected chi connectivity index (χ0v) is 10.3. The third-order valence-electron chi connectivity index (χ3n) is 2.27. The maximum atomic E-state index is 12.1. The summed E-state index contributed by atoms with van der Waals surface area (Å²) < 4.78 is 0. The molecule has 0 bridgehead atoms. The lowest BCUT2D eigenvalue weighted by molar-refractivity contribution is 0.0781. The second kappa shape index (κ2) is 6.19. The van der Waals surface area contributed by atoms with Crippen LogP contribution in [0.5, 0.6) is 0 Å². The van der Waals surface area contributed by atoms with Crippen molar-refractivity contribution in [2.45, 2.75) is 11.8 Å². The fourth-order valence-electron chi connectivity index (χ4n) is 1.40. The van der Waals surface area contributed by atoms with E-state index in [-0.39, 0.29) is 12.5 Å². The predicted molar refractivity (Wildman–Crippen MR) is 65.4 cm³/mol. The van der Waals surface area contributed by atoms with E-state index in [2.05, 4.69) is 0 Å². The molecule has 0 atom stereocenters. The highest BCUT2D eigenvalue weighted by molar-refractivity contribution is 7.98. The van der Waals surface area contributed by atoms with Gasteiger partial charge < -0.3 is 4.90 Å². The van der Waals surface area contributed by atoms with Gasteiger partial charge in [0, 0.05) is 11.4 Å². The summed E-state index contributed by atoms with van der Waals surface area (Å²) in [7, 11) is 0. The Morgan fingerprint density at radius 3 is 2.75 bits per heavy atom. The van der Waals surface area contributed by atoms with Gasteiger partial charge in [0.25, 0.3) is 5.91 Å². The van der Waals surface area contributed by atoms with E-state index < -0.39 is 0 Å². The highest BCUT2D eigenvalue weighted by atomic mass is 32.2. The molecule has 4 heteroatoms. The third kappa shape index (κ3) is 2.77. The van der Waals surface area contributed by atoms with Crippen LogP contribution in [0.2, 0.25) is 0 Å². The Kier molecular flexibility index (Phi) is 4.87. The van der Waals surface area contributed by atoms with Crippen molar-refractivity contribution in [1.82, 2.24) is 4.90 Å². The average Bonchev–Trinajstić information content (AvgIpc) is 2.35. The summed E-state index contributed by atoms with van der Waals surface area (Å²) in [5, 5.41) is 8.64. The number of benzene rings is 1. The minimum absolute atomic E-state index is 0.0750. The van der Waals surface area contributed by atoms with Crippen molar-refractivity contribution < 1.29 is 4.79 Å². The number of rotatable bonds is 4. The Morgan fingerprint density at radius 1 is 1.50 bits per heavy atom. The van der Waals surface area contributed by atoms with Gasteiger partial charge in [-0.05, 0) is 25.3 Å². The van der Waals surface area contributed by atoms with E-state index in [1.54, 1.807) is 6.07 Å². The lowest BCUT2D eigenvalue weighted by atomic mass is 10.2. The molecule has 0 heterocycles. The lowest BCUT2D eigenvalue weighted by Crippen LogP contribution is -2.31. The van der Waals surface area contributed by atoms with Crippen LogP contribution < -0.4 is 0 Å². The first kappa shape index (κ1) is 12.6. The Hall–Kier alpha value is -1.47. The average molecular weight is 234 g/mol. The zero-order valence-electron chi connectivity index (χ0n) is 9.43. The molecule has 0 radical (unpaired) electrons. The molecule has 0 aliphatic carbocycles. The fraction of sp³-hybridized carbons (Fsp3) is 0.333. The Bertz CT molecular complexity index is 412. The van der Waals surface area contributed by atoms with E-state index in [4.69, 9.17) is 5.26 Å². The molecule has 16 heavy (non-hydrogen) atoms. The molecule has 3 nitrogen and oxygen atoms in total. The SMILES string of the molecule is CCN(CC#N)C(=O)c1ccccc1SC. The first-order chi connectivity index (χ1) is 7.74. The molecule has 0 N–H and O–H groups in total. The van der Waals surface area contributed by atoms with Crippen LogP contribution in [-0.2, 0) is 0 Å². The van der Waals surface area contributed by atoms with Gasteiger partial charge in [-0.1, -0.05) is 12.1 Å². The minimum Gasteiger partial charge on any atom is -0.326 e. The van der Waals surface area contributed by atoms with Crippen LogP contribution in [0, 0.1) is 11.3 Å². The van der Waals surface area contributed by atoms with Gasteiger partial charge in [-0.15, -0.1) is 11.8 Å². The van der Waals surface area contributed by atoms with Crippen molar-refractivity contribution in [1.29, 1.82) is 5.26 Å². The van der Waals surface area contributed by atoms with Gasteiger partial charge in [-0.3, -0.25) is 4.79 Å². The number of carbonyl (C=O) groups excluding carboxylic acids is 1. The molecule has 1 aromatic rings. The molecule has 0 aliphatic rings. The van der Waals surface area contributed by atoms with E-state index in [1.165, 1.54) is 16.7 Å². The fourth-order valence-corrected chi connectivity index (χ4v) is 1.99. The Labute approximate surface area is 100 Å². The highest BCUT2D eigenvalue weighted by Crippen LogP contribution is 2.21. The maximum absolute atomic E-state index is 12.1. The molecule has 1 aromatic carbocycles. The van der Waals surface area contributed by atoms with Gasteiger partial charge in [0.1, 0.15) is 6.54 Å². The molecule has 84 valence electrons. The molecule has 0 aliphatic heterocycles. The van der Waals surface area contributed by atoms with Crippen LogP contribution in [-0.4, -0.2) is 30.2 Å². The molecule has 0 saturated heterocycles. The molecule has 0 saturated carbocycles. The summed E-state index contributed by atoms with van der Waals surface area (Å²) in [5.41, 5.74) is 0.673. The van der Waals surface area contributed by atoms with Crippen LogP contribution >= 0.6 is 11.8 Å². The van der Waals surface area contributed by atoms with Crippen LogP contribution in [0.3, 0.4) is 0 Å². The molecule has 1 amide bonds. The number of carbonyl (C=O) groups is 1. The van der Waals surface area contributed by atoms with Crippen LogP contribution in [0.15, 0.2) is 29.2 Å². The van der Waals surface area contributed by atoms with Gasteiger partial charge in [-0.25, -0.2) is 0 Å². The molecule has 0 aromatic heterocycles. The topological polar surface area (TPSA) is 44.1 Å². The molecular formula is C12H14N2OS. The number of nitrogens with zero attached hydrogens (tertiary/aromatic N) is 2. The quantitative estimate of drug-likeness (QED) is 0.593. The Morgan fingerprint density at radius 2 is 2.19 bits per heavy atom. The number of hydrogen-bond donors (Lipinski definition) is 0. The molecular weight excluding hydrogens is 220 g/mol. The van der Waals surface area contributed by atoms with Crippen LogP contribution in [0.1, 0.15) is 17.3 Å². The smallest absolute Gasteiger partial charge is 0.255 e. The lowest BCUT2D eigenvalue weighted by Gasteiger charge is -2.18. The first-order valence-electron chi connectivity index (χ1n) is 5.03. The van der Waals surface area contributed by atoms with Gasteiger partial charge in [0.15, 0.2) is 0 Å². The normalized spacial score (nSPS) is 9.56. The molecule has 1 rings (SSSR count). The number of thioether (sulfide) groups is 1. The predicted octanol–water partition coefficient (Wildman–Crippen LogP) is 2.39. The number of hydrogen-bond acceptors (Lipinski definition) is 3. The van der Waals surface area contributed by atoms with Crippen LogP contribution in [0.25, 0.3) is 0 Å². The summed E-state index contributed by atoms with van der Waals surface area (Å²) in [6.45, 7) is 2.56. The highest BCUT2D eigenvalue weighted by Gasteiger charge is 2.16. The largest absolute Gasteiger partial charge is 0.326 e. The van der Waals surface area contributed by atoms with Crippen molar-refractivity contribution in [3.63, 3.8) is 0 Å². The summed E-state index contributed by atoms with van der Waals surface area (Å²) >= 11 is 1.54. The summed E-state index contributed by atoms with van der Waals surface area (Å²) in [4.78, 5) is 14.6. The molecule has 0 unspecified atom stereocenters. The minimum atomic E-state index is -0.0750. The van der Waals surface area contributed by atoms with E-state index in [0.717, 1.165) is 4.90 Å². The van der Waals surface area contributed by atoms with Gasteiger partial charge in [0.05, 0.1) is 11.6 Å². The summed E-state index contributed by atoms with van der Waals surface area (Å²) in [6.07, 6.45) is 1.94. The van der Waals surface area contributed by atoms with E-state index >= 15 is 0 Å². The zero-order chi connectivity index (χ0) is 12.0. The second-order valence-electron chi connectivity index (χ2n) is 3.18. The summed E-state index contributed by atoms with van der Waals surface area (Å²) in [5.74, 6) is -0.0750. The number of amides is 1. The third-order valence-corrected chi connectivity index (χ3v) is 3.06. The van der Waals surface area contributed by atoms with Crippen molar-refractivity contribution >= 4 is 17.7 Å². The van der Waals surface area contributed by atoms with Crippen molar-refractivity contribution in [2.24, 2.45) is 0 Å². The van der Waals surface area contributed by atoms with Gasteiger partial charge in [-0.2, -0.15) is 5.26 Å². The molecule has 0 fully saturated rings. The summed E-state index contributed by atoms with van der Waals surface area (Å²) in [6, 6.07) is 9.47. The first-order valence-corrected chi connectivity index (χ1v) is 6.26. The van der Waals surface area contributed by atoms with Crippen molar-refractivity contribution in [3.8, 4) is 6.07 Å². The molecule has 0 spiro atoms. The Balaban J connectivity index is 2.99. The van der Waals surface area contributed by atoms with Crippen LogP contribution in [0.4, 0.5) is 0 Å². The van der Waals surface area contributed by atoms with Gasteiger partial charge >= 0.3 is 0 Å². The standard InChI is InChI=1S/C12H14N2OS/c1-3-14(9-8-13)12(15)10-6-4-5-7-11(10)16-2/h4-7H,3,9H2,1-2H3. The van der Waals surface area contributed by atoms with E-state index in [1.807, 2.05) is 37.4 Å². The van der Waals surface area contributed by atoms with Crippen molar-refractivity contribution in [2.75, 3.05) is 19.3 Å². The monoisotopic (exact) mass is 234 g/mol. The van der Waals surface area contributed by atoms with E-state index in [9.17, 15) is 4.79 Å². The number of nitriles is 1. The second-order valence-corrected chi connectivity index (χ2v) is 4.03. The van der Waals surface area contributed by atoms with Crippen molar-refractivity contribution in [3.05, 3.63) is 29.8 Å². The van der Waals surface area contributed by atoms with Gasteiger partial charge in [0.2, 0.25) is 0 Å². The maximum Gasteiger partial charge on any atom is 0.255 e. The van der Waals surface area contributed by atoms with E-state index in [0.29, 0.717) is 12.1 Å².